The van der Waals surface area contributed by atoms with Crippen molar-refractivity contribution in [3.63, 3.8) is 0 Å². The zero-order valence-electron chi connectivity index (χ0n) is 10.6. The number of aliphatic carboxylic acids is 1. The van der Waals surface area contributed by atoms with Gasteiger partial charge < -0.3 is 15.2 Å². The van der Waals surface area contributed by atoms with Crippen molar-refractivity contribution in [2.45, 2.75) is 12.2 Å². The number of carbonyl (C=O) groups is 2. The van der Waals surface area contributed by atoms with Gasteiger partial charge in [0.15, 0.2) is 0 Å². The molecule has 2 heterocycles. The molecule has 2 aliphatic heterocycles. The van der Waals surface area contributed by atoms with Gasteiger partial charge in [0.25, 0.3) is 0 Å². The van der Waals surface area contributed by atoms with E-state index in [9.17, 15) is 14.7 Å². The third-order valence-corrected chi connectivity index (χ3v) is 4.41. The minimum atomic E-state index is -1.04. The molecule has 1 fully saturated rings. The Morgan fingerprint density at radius 3 is 2.38 bits per heavy atom. The van der Waals surface area contributed by atoms with Crippen LogP contribution >= 0.6 is 23.2 Å². The first-order valence-electron chi connectivity index (χ1n) is 6.30. The highest BCUT2D eigenvalue weighted by atomic mass is 35.5. The van der Waals surface area contributed by atoms with Gasteiger partial charge in [-0.2, -0.15) is 0 Å². The Balaban J connectivity index is 1.80. The largest absolute Gasteiger partial charge is 0.481 e. The topological polar surface area (TPSA) is 75.6 Å². The first-order valence-corrected chi connectivity index (χ1v) is 7.05. The average Bonchev–Trinajstić information content (AvgIpc) is 3.03. The lowest BCUT2D eigenvalue weighted by Gasteiger charge is -2.21. The molecule has 0 saturated carbocycles. The number of benzene rings is 1. The molecule has 0 radical (unpaired) electrons. The number of carboxylic acid groups (broad SMARTS) is 1. The molecule has 4 atom stereocenters. The van der Waals surface area contributed by atoms with Crippen molar-refractivity contribution in [2.75, 3.05) is 5.32 Å². The summed E-state index contributed by atoms with van der Waals surface area (Å²) in [4.78, 5) is 23.7. The lowest BCUT2D eigenvalue weighted by Crippen LogP contribution is -2.39. The molecule has 0 spiro atoms. The van der Waals surface area contributed by atoms with Crippen molar-refractivity contribution < 1.29 is 19.4 Å². The third-order valence-electron chi connectivity index (χ3n) is 3.67. The second-order valence-electron chi connectivity index (χ2n) is 4.96. The Labute approximate surface area is 130 Å². The standard InChI is InChI=1S/C14H11Cl2NO4/c15-7-2-1-6(5-8(7)16)17-13(18)11-9-3-4-10(21-9)12(11)14(19)20/h1-5,9-12H,(H,17,18)(H,19,20)/t9-,10-,11-,12-/m0/s1. The second kappa shape index (κ2) is 5.33. The number of carbonyl (C=O) groups excluding carboxylic acids is 1. The lowest BCUT2D eigenvalue weighted by molar-refractivity contribution is -0.145. The minimum Gasteiger partial charge on any atom is -0.481 e. The number of carboxylic acids is 1. The van der Waals surface area contributed by atoms with Crippen molar-refractivity contribution in [2.24, 2.45) is 11.8 Å². The monoisotopic (exact) mass is 327 g/mol. The summed E-state index contributed by atoms with van der Waals surface area (Å²) in [7, 11) is 0. The highest BCUT2D eigenvalue weighted by Gasteiger charge is 2.53. The fourth-order valence-corrected chi connectivity index (χ4v) is 3.01. The Morgan fingerprint density at radius 2 is 1.76 bits per heavy atom. The molecule has 2 N–H and O–H groups in total. The van der Waals surface area contributed by atoms with Gasteiger partial charge in [-0.3, -0.25) is 9.59 Å². The highest BCUT2D eigenvalue weighted by molar-refractivity contribution is 6.42. The number of ether oxygens (including phenoxy) is 1. The summed E-state index contributed by atoms with van der Waals surface area (Å²) < 4.78 is 5.46. The van der Waals surface area contributed by atoms with E-state index in [0.717, 1.165) is 0 Å². The smallest absolute Gasteiger partial charge is 0.310 e. The van der Waals surface area contributed by atoms with Crippen molar-refractivity contribution in [3.05, 3.63) is 40.4 Å². The number of hydrogen-bond acceptors (Lipinski definition) is 3. The van der Waals surface area contributed by atoms with E-state index in [-0.39, 0.29) is 0 Å². The number of halogens is 2. The van der Waals surface area contributed by atoms with Gasteiger partial charge in [-0.15, -0.1) is 0 Å². The zero-order valence-corrected chi connectivity index (χ0v) is 12.1. The van der Waals surface area contributed by atoms with Gasteiger partial charge in [0, 0.05) is 5.69 Å². The molecule has 2 bridgehead atoms. The van der Waals surface area contributed by atoms with Crippen LogP contribution in [-0.4, -0.2) is 29.2 Å². The van der Waals surface area contributed by atoms with Crippen LogP contribution in [0.2, 0.25) is 10.0 Å². The molecule has 3 rings (SSSR count). The van der Waals surface area contributed by atoms with Crippen LogP contribution in [0, 0.1) is 11.8 Å². The minimum absolute atomic E-state index is 0.313. The maximum absolute atomic E-state index is 12.4. The lowest BCUT2D eigenvalue weighted by atomic mass is 9.82. The molecule has 7 heteroatoms. The summed E-state index contributed by atoms with van der Waals surface area (Å²) in [6.45, 7) is 0. The summed E-state index contributed by atoms with van der Waals surface area (Å²) in [6, 6.07) is 4.68. The van der Waals surface area contributed by atoms with Crippen LogP contribution < -0.4 is 5.32 Å². The summed E-state index contributed by atoms with van der Waals surface area (Å²) in [6.07, 6.45) is 2.37. The highest BCUT2D eigenvalue weighted by Crippen LogP contribution is 2.40. The molecule has 1 aromatic rings. The van der Waals surface area contributed by atoms with E-state index in [1.807, 2.05) is 0 Å². The average molecular weight is 328 g/mol. The van der Waals surface area contributed by atoms with Crippen LogP contribution in [0.3, 0.4) is 0 Å². The number of fused-ring (bicyclic) bond motifs is 2. The molecule has 1 saturated heterocycles. The third kappa shape index (κ3) is 2.52. The Morgan fingerprint density at radius 1 is 1.10 bits per heavy atom. The van der Waals surface area contributed by atoms with E-state index in [1.54, 1.807) is 24.3 Å². The molecular formula is C14H11Cl2NO4. The number of anilines is 1. The molecule has 21 heavy (non-hydrogen) atoms. The van der Waals surface area contributed by atoms with Crippen LogP contribution in [0.4, 0.5) is 5.69 Å². The van der Waals surface area contributed by atoms with Gasteiger partial charge in [0.1, 0.15) is 5.92 Å². The van der Waals surface area contributed by atoms with Crippen LogP contribution in [0.1, 0.15) is 0 Å². The van der Waals surface area contributed by atoms with Crippen LogP contribution in [-0.2, 0) is 14.3 Å². The number of nitrogens with one attached hydrogen (secondary N) is 1. The number of hydrogen-bond donors (Lipinski definition) is 2. The molecule has 5 nitrogen and oxygen atoms in total. The van der Waals surface area contributed by atoms with Crippen molar-refractivity contribution in [3.8, 4) is 0 Å². The van der Waals surface area contributed by atoms with Gasteiger partial charge in [0.2, 0.25) is 5.91 Å². The van der Waals surface area contributed by atoms with Crippen LogP contribution in [0.15, 0.2) is 30.4 Å². The van der Waals surface area contributed by atoms with Gasteiger partial charge in [-0.05, 0) is 18.2 Å². The Bertz CT molecular complexity index is 646. The van der Waals surface area contributed by atoms with Crippen molar-refractivity contribution in [1.29, 1.82) is 0 Å². The predicted molar refractivity (Wildman–Crippen MR) is 77.5 cm³/mol. The maximum atomic E-state index is 12.4. The van der Waals surface area contributed by atoms with Crippen molar-refractivity contribution >= 4 is 40.8 Å². The van der Waals surface area contributed by atoms with Gasteiger partial charge in [-0.25, -0.2) is 0 Å². The maximum Gasteiger partial charge on any atom is 0.310 e. The second-order valence-corrected chi connectivity index (χ2v) is 5.77. The first kappa shape index (κ1) is 14.4. The molecule has 0 unspecified atom stereocenters. The Hall–Kier alpha value is -1.56. The number of rotatable bonds is 3. The van der Waals surface area contributed by atoms with Crippen LogP contribution in [0.5, 0.6) is 0 Å². The fourth-order valence-electron chi connectivity index (χ4n) is 2.71. The molecular weight excluding hydrogens is 317 g/mol. The predicted octanol–water partition coefficient (Wildman–Crippen LogP) is 2.59. The van der Waals surface area contributed by atoms with Gasteiger partial charge >= 0.3 is 5.97 Å². The molecule has 0 aromatic heterocycles. The normalized spacial score (nSPS) is 29.6. The van der Waals surface area contributed by atoms with E-state index < -0.39 is 35.9 Å². The van der Waals surface area contributed by atoms with Gasteiger partial charge in [0.05, 0.1) is 28.2 Å². The van der Waals surface area contributed by atoms with E-state index >= 15 is 0 Å². The Kier molecular flexibility index (Phi) is 3.65. The molecule has 1 amide bonds. The summed E-state index contributed by atoms with van der Waals surface area (Å²) in [5, 5.41) is 12.6. The summed E-state index contributed by atoms with van der Waals surface area (Å²) >= 11 is 11.7. The van der Waals surface area contributed by atoms with Crippen molar-refractivity contribution in [1.82, 2.24) is 0 Å². The first-order chi connectivity index (χ1) is 9.97. The van der Waals surface area contributed by atoms with E-state index in [0.29, 0.717) is 15.7 Å². The van der Waals surface area contributed by atoms with E-state index in [4.69, 9.17) is 27.9 Å². The SMILES string of the molecule is O=C(O)[C@@H]1[C@@H](C(=O)Nc2ccc(Cl)c(Cl)c2)[C@@H]2C=C[C@@H]1O2. The van der Waals surface area contributed by atoms with E-state index in [1.165, 1.54) is 6.07 Å². The molecule has 1 aromatic carbocycles. The fraction of sp³-hybridized carbons (Fsp3) is 0.286. The van der Waals surface area contributed by atoms with E-state index in [2.05, 4.69) is 5.32 Å². The quantitative estimate of drug-likeness (QED) is 0.836. The molecule has 110 valence electrons. The molecule has 0 aliphatic carbocycles. The molecule has 2 aliphatic rings. The van der Waals surface area contributed by atoms with Crippen LogP contribution in [0.25, 0.3) is 0 Å². The summed E-state index contributed by atoms with van der Waals surface area (Å²) in [5.41, 5.74) is 0.463. The zero-order chi connectivity index (χ0) is 15.1. The summed E-state index contributed by atoms with van der Waals surface area (Å²) in [5.74, 6) is -3.08. The van der Waals surface area contributed by atoms with Gasteiger partial charge in [-0.1, -0.05) is 35.4 Å². The number of amides is 1.